The molecule has 0 radical (unpaired) electrons. The number of hydrogen-bond acceptors (Lipinski definition) is 5. The third kappa shape index (κ3) is 5.42. The molecule has 0 spiro atoms. The molecule has 0 fully saturated rings. The molecule has 3 rings (SSSR count). The first kappa shape index (κ1) is 20.1. The third-order valence-corrected chi connectivity index (χ3v) is 4.22. The van der Waals surface area contributed by atoms with Crippen molar-refractivity contribution in [1.82, 2.24) is 9.88 Å². The Labute approximate surface area is 169 Å². The van der Waals surface area contributed by atoms with Gasteiger partial charge >= 0.3 is 5.97 Å². The highest BCUT2D eigenvalue weighted by molar-refractivity contribution is 5.94. The number of amides is 1. The van der Waals surface area contributed by atoms with Gasteiger partial charge in [-0.25, -0.2) is 9.78 Å². The van der Waals surface area contributed by atoms with E-state index in [1.807, 2.05) is 48.5 Å². The van der Waals surface area contributed by atoms with E-state index in [1.54, 1.807) is 38.2 Å². The second-order valence-electron chi connectivity index (χ2n) is 6.50. The van der Waals surface area contributed by atoms with Gasteiger partial charge in [0, 0.05) is 19.8 Å². The van der Waals surface area contributed by atoms with Crippen LogP contribution in [0.4, 0.5) is 0 Å². The van der Waals surface area contributed by atoms with E-state index in [9.17, 15) is 9.59 Å². The number of pyridine rings is 1. The lowest BCUT2D eigenvalue weighted by Crippen LogP contribution is -2.37. The average Bonchev–Trinajstić information content (AvgIpc) is 2.75. The van der Waals surface area contributed by atoms with E-state index < -0.39 is 12.1 Å². The van der Waals surface area contributed by atoms with Gasteiger partial charge in [0.15, 0.2) is 6.10 Å². The summed E-state index contributed by atoms with van der Waals surface area (Å²) in [7, 11) is 1.67. The van der Waals surface area contributed by atoms with Gasteiger partial charge in [-0.2, -0.15) is 0 Å². The Kier molecular flexibility index (Phi) is 6.58. The molecule has 1 heterocycles. The highest BCUT2D eigenvalue weighted by Crippen LogP contribution is 2.23. The molecule has 29 heavy (non-hydrogen) atoms. The van der Waals surface area contributed by atoms with Crippen molar-refractivity contribution in [1.29, 1.82) is 0 Å². The molecule has 1 aromatic heterocycles. The van der Waals surface area contributed by atoms with Crippen LogP contribution in [0.25, 0.3) is 0 Å². The molecular weight excluding hydrogens is 368 g/mol. The van der Waals surface area contributed by atoms with Crippen molar-refractivity contribution < 1.29 is 19.1 Å². The molecule has 0 aliphatic heterocycles. The Bertz CT molecular complexity index is 961. The summed E-state index contributed by atoms with van der Waals surface area (Å²) in [6, 6.07) is 21.8. The van der Waals surface area contributed by atoms with Gasteiger partial charge in [-0.3, -0.25) is 4.79 Å². The van der Waals surface area contributed by atoms with E-state index in [4.69, 9.17) is 9.47 Å². The number of carbonyl (C=O) groups is 2. The van der Waals surface area contributed by atoms with Crippen molar-refractivity contribution in [3.05, 3.63) is 90.1 Å². The Morgan fingerprint density at radius 1 is 0.966 bits per heavy atom. The zero-order valence-electron chi connectivity index (χ0n) is 16.3. The number of carbonyl (C=O) groups excluding carboxylic acids is 2. The Balaban J connectivity index is 1.66. The highest BCUT2D eigenvalue weighted by Gasteiger charge is 2.24. The van der Waals surface area contributed by atoms with Gasteiger partial charge < -0.3 is 14.4 Å². The fourth-order valence-corrected chi connectivity index (χ4v) is 2.75. The zero-order chi connectivity index (χ0) is 20.6. The van der Waals surface area contributed by atoms with Crippen molar-refractivity contribution in [2.45, 2.75) is 19.6 Å². The van der Waals surface area contributed by atoms with Crippen LogP contribution in [0.5, 0.6) is 11.6 Å². The SMILES string of the molecule is CC(OC(=O)c1cccnc1Oc1ccccc1)C(=O)N(C)Cc1ccccc1. The summed E-state index contributed by atoms with van der Waals surface area (Å²) in [6.07, 6.45) is 0.582. The van der Waals surface area contributed by atoms with Gasteiger partial charge in [0.25, 0.3) is 5.91 Å². The van der Waals surface area contributed by atoms with Crippen LogP contribution >= 0.6 is 0 Å². The molecular formula is C23H22N2O4. The molecule has 0 saturated carbocycles. The zero-order valence-corrected chi connectivity index (χ0v) is 16.3. The number of para-hydroxylation sites is 1. The predicted octanol–water partition coefficient (Wildman–Crippen LogP) is 4.08. The molecule has 3 aromatic rings. The molecule has 6 nitrogen and oxygen atoms in total. The minimum absolute atomic E-state index is 0.126. The van der Waals surface area contributed by atoms with E-state index in [-0.39, 0.29) is 17.4 Å². The number of hydrogen-bond donors (Lipinski definition) is 0. The number of likely N-dealkylation sites (N-methyl/N-ethyl adjacent to an activating group) is 1. The molecule has 0 aliphatic rings. The van der Waals surface area contributed by atoms with Crippen LogP contribution in [-0.2, 0) is 16.1 Å². The van der Waals surface area contributed by atoms with Crippen LogP contribution in [0.3, 0.4) is 0 Å². The van der Waals surface area contributed by atoms with E-state index in [1.165, 1.54) is 11.1 Å². The number of esters is 1. The number of aromatic nitrogens is 1. The highest BCUT2D eigenvalue weighted by atomic mass is 16.6. The largest absolute Gasteiger partial charge is 0.449 e. The standard InChI is InChI=1S/C23H22N2O4/c1-17(22(26)25(2)16-18-10-5-3-6-11-18)28-23(27)20-14-9-15-24-21(20)29-19-12-7-4-8-13-19/h3-15,17H,16H2,1-2H3. The normalized spacial score (nSPS) is 11.4. The monoisotopic (exact) mass is 390 g/mol. The summed E-state index contributed by atoms with van der Waals surface area (Å²) in [5, 5.41) is 0. The van der Waals surface area contributed by atoms with Gasteiger partial charge in [-0.15, -0.1) is 0 Å². The summed E-state index contributed by atoms with van der Waals surface area (Å²) < 4.78 is 11.1. The molecule has 1 atom stereocenters. The van der Waals surface area contributed by atoms with Crippen molar-refractivity contribution in [2.75, 3.05) is 7.05 Å². The van der Waals surface area contributed by atoms with Crippen LogP contribution in [0.15, 0.2) is 79.0 Å². The smallest absolute Gasteiger partial charge is 0.344 e. The Morgan fingerprint density at radius 3 is 2.31 bits per heavy atom. The minimum atomic E-state index is -0.944. The van der Waals surface area contributed by atoms with E-state index in [0.29, 0.717) is 12.3 Å². The van der Waals surface area contributed by atoms with Gasteiger partial charge in [0.1, 0.15) is 11.3 Å². The van der Waals surface area contributed by atoms with Gasteiger partial charge in [-0.05, 0) is 36.8 Å². The Morgan fingerprint density at radius 2 is 1.62 bits per heavy atom. The molecule has 1 unspecified atom stereocenters. The molecule has 0 bridgehead atoms. The lowest BCUT2D eigenvalue weighted by atomic mass is 10.2. The van der Waals surface area contributed by atoms with Crippen LogP contribution in [0, 0.1) is 0 Å². The number of rotatable bonds is 7. The number of benzene rings is 2. The summed E-state index contributed by atoms with van der Waals surface area (Å²) in [6.45, 7) is 1.98. The first-order chi connectivity index (χ1) is 14.0. The lowest BCUT2D eigenvalue weighted by Gasteiger charge is -2.21. The van der Waals surface area contributed by atoms with Crippen LogP contribution in [0.2, 0.25) is 0 Å². The average molecular weight is 390 g/mol. The van der Waals surface area contributed by atoms with Crippen molar-refractivity contribution >= 4 is 11.9 Å². The number of ether oxygens (including phenoxy) is 2. The third-order valence-electron chi connectivity index (χ3n) is 4.22. The Hall–Kier alpha value is -3.67. The quantitative estimate of drug-likeness (QED) is 0.569. The van der Waals surface area contributed by atoms with Gasteiger partial charge in [-0.1, -0.05) is 48.5 Å². The maximum Gasteiger partial charge on any atom is 0.344 e. The molecule has 148 valence electrons. The second kappa shape index (κ2) is 9.50. The second-order valence-corrected chi connectivity index (χ2v) is 6.50. The van der Waals surface area contributed by atoms with Crippen LogP contribution in [0.1, 0.15) is 22.8 Å². The summed E-state index contributed by atoms with van der Waals surface area (Å²) >= 11 is 0. The first-order valence-electron chi connectivity index (χ1n) is 9.22. The molecule has 2 aromatic carbocycles. The van der Waals surface area contributed by atoms with E-state index in [0.717, 1.165) is 5.56 Å². The molecule has 1 amide bonds. The summed E-state index contributed by atoms with van der Waals surface area (Å²) in [5.74, 6) is -0.289. The summed E-state index contributed by atoms with van der Waals surface area (Å²) in [4.78, 5) is 30.9. The van der Waals surface area contributed by atoms with Crippen molar-refractivity contribution in [3.63, 3.8) is 0 Å². The summed E-state index contributed by atoms with van der Waals surface area (Å²) in [5.41, 5.74) is 1.15. The maximum atomic E-state index is 12.6. The molecule has 6 heteroatoms. The first-order valence-corrected chi connectivity index (χ1v) is 9.22. The van der Waals surface area contributed by atoms with E-state index >= 15 is 0 Å². The van der Waals surface area contributed by atoms with E-state index in [2.05, 4.69) is 4.98 Å². The minimum Gasteiger partial charge on any atom is -0.449 e. The number of nitrogens with zero attached hydrogens (tertiary/aromatic N) is 2. The fraction of sp³-hybridized carbons (Fsp3) is 0.174. The molecule has 0 N–H and O–H groups in total. The fourth-order valence-electron chi connectivity index (χ4n) is 2.75. The van der Waals surface area contributed by atoms with Crippen LogP contribution in [-0.4, -0.2) is 34.9 Å². The van der Waals surface area contributed by atoms with Crippen molar-refractivity contribution in [2.24, 2.45) is 0 Å². The lowest BCUT2D eigenvalue weighted by molar-refractivity contribution is -0.139. The van der Waals surface area contributed by atoms with Gasteiger partial charge in [0.2, 0.25) is 5.88 Å². The van der Waals surface area contributed by atoms with Gasteiger partial charge in [0.05, 0.1) is 0 Å². The molecule has 0 aliphatic carbocycles. The molecule has 0 saturated heterocycles. The predicted molar refractivity (Wildman–Crippen MR) is 109 cm³/mol. The maximum absolute atomic E-state index is 12.6. The van der Waals surface area contributed by atoms with Crippen LogP contribution < -0.4 is 4.74 Å². The van der Waals surface area contributed by atoms with Crippen molar-refractivity contribution in [3.8, 4) is 11.6 Å². The topological polar surface area (TPSA) is 68.7 Å².